The standard InChI is InChI=1S/C16H20N4O2/c1-10(2)14(17)15(21)20-12-4-6-13(7-5-12)22-16-18-9-8-11(3)19-16/h4-10,14H,17H2,1-3H3,(H,20,21)/t14-/m0/s1. The van der Waals surface area contributed by atoms with Crippen LogP contribution in [0.5, 0.6) is 11.8 Å². The molecular formula is C16H20N4O2. The van der Waals surface area contributed by atoms with Gasteiger partial charge in [0.05, 0.1) is 6.04 Å². The first-order valence-corrected chi connectivity index (χ1v) is 7.09. The van der Waals surface area contributed by atoms with Crippen molar-refractivity contribution in [1.29, 1.82) is 0 Å². The van der Waals surface area contributed by atoms with Gasteiger partial charge in [0.25, 0.3) is 0 Å². The van der Waals surface area contributed by atoms with Gasteiger partial charge in [-0.25, -0.2) is 9.97 Å². The highest BCUT2D eigenvalue weighted by atomic mass is 16.5. The van der Waals surface area contributed by atoms with Crippen molar-refractivity contribution in [3.8, 4) is 11.8 Å². The maximum atomic E-state index is 11.9. The van der Waals surface area contributed by atoms with Crippen molar-refractivity contribution in [3.05, 3.63) is 42.2 Å². The molecule has 0 bridgehead atoms. The number of aryl methyl sites for hydroxylation is 1. The predicted octanol–water partition coefficient (Wildman–Crippen LogP) is 2.50. The molecule has 0 aliphatic rings. The Morgan fingerprint density at radius 2 is 1.91 bits per heavy atom. The van der Waals surface area contributed by atoms with Crippen LogP contribution in [-0.2, 0) is 4.79 Å². The lowest BCUT2D eigenvalue weighted by Crippen LogP contribution is -2.39. The number of nitrogens with zero attached hydrogens (tertiary/aromatic N) is 2. The Morgan fingerprint density at radius 3 is 2.50 bits per heavy atom. The third-order valence-electron chi connectivity index (χ3n) is 3.12. The molecule has 3 N–H and O–H groups in total. The summed E-state index contributed by atoms with van der Waals surface area (Å²) in [5, 5.41) is 2.77. The Bertz CT molecular complexity index is 641. The Balaban J connectivity index is 2.00. The molecule has 6 nitrogen and oxygen atoms in total. The summed E-state index contributed by atoms with van der Waals surface area (Å²) in [6.07, 6.45) is 1.64. The number of ether oxygens (including phenoxy) is 1. The molecule has 0 aliphatic heterocycles. The molecule has 1 amide bonds. The second-order valence-electron chi connectivity index (χ2n) is 5.37. The minimum absolute atomic E-state index is 0.0843. The van der Waals surface area contributed by atoms with Crippen LogP contribution in [0.15, 0.2) is 36.5 Å². The molecule has 116 valence electrons. The lowest BCUT2D eigenvalue weighted by molar-refractivity contribution is -0.118. The highest BCUT2D eigenvalue weighted by molar-refractivity contribution is 5.94. The Kier molecular flexibility index (Phi) is 5.06. The van der Waals surface area contributed by atoms with E-state index in [-0.39, 0.29) is 11.8 Å². The van der Waals surface area contributed by atoms with E-state index >= 15 is 0 Å². The van der Waals surface area contributed by atoms with Crippen molar-refractivity contribution < 1.29 is 9.53 Å². The van der Waals surface area contributed by atoms with Gasteiger partial charge in [-0.2, -0.15) is 0 Å². The molecule has 0 radical (unpaired) electrons. The van der Waals surface area contributed by atoms with Crippen LogP contribution in [0.2, 0.25) is 0 Å². The summed E-state index contributed by atoms with van der Waals surface area (Å²) in [4.78, 5) is 20.1. The molecule has 1 aromatic carbocycles. The normalized spacial score (nSPS) is 12.0. The molecule has 0 spiro atoms. The minimum atomic E-state index is -0.531. The summed E-state index contributed by atoms with van der Waals surface area (Å²) < 4.78 is 5.55. The average molecular weight is 300 g/mol. The van der Waals surface area contributed by atoms with Gasteiger partial charge in [0, 0.05) is 17.6 Å². The molecule has 6 heteroatoms. The maximum Gasteiger partial charge on any atom is 0.322 e. The van der Waals surface area contributed by atoms with Crippen molar-refractivity contribution in [2.24, 2.45) is 11.7 Å². The number of carbonyl (C=O) groups is 1. The van der Waals surface area contributed by atoms with Crippen LogP contribution in [0.4, 0.5) is 5.69 Å². The minimum Gasteiger partial charge on any atom is -0.424 e. The van der Waals surface area contributed by atoms with E-state index in [1.807, 2.05) is 20.8 Å². The average Bonchev–Trinajstić information content (AvgIpc) is 2.48. The van der Waals surface area contributed by atoms with E-state index in [4.69, 9.17) is 10.5 Å². The summed E-state index contributed by atoms with van der Waals surface area (Å²) >= 11 is 0. The van der Waals surface area contributed by atoms with Crippen LogP contribution in [0.25, 0.3) is 0 Å². The van der Waals surface area contributed by atoms with E-state index in [1.165, 1.54) is 0 Å². The zero-order valence-corrected chi connectivity index (χ0v) is 12.9. The molecule has 1 atom stereocenters. The number of carbonyl (C=O) groups excluding carboxylic acids is 1. The first kappa shape index (κ1) is 15.9. The molecule has 0 fully saturated rings. The highest BCUT2D eigenvalue weighted by Gasteiger charge is 2.17. The molecule has 0 aliphatic carbocycles. The van der Waals surface area contributed by atoms with Gasteiger partial charge in [0.15, 0.2) is 0 Å². The van der Waals surface area contributed by atoms with Gasteiger partial charge in [0.1, 0.15) is 5.75 Å². The van der Waals surface area contributed by atoms with E-state index in [2.05, 4.69) is 15.3 Å². The van der Waals surface area contributed by atoms with Crippen LogP contribution in [0, 0.1) is 12.8 Å². The van der Waals surface area contributed by atoms with Crippen molar-refractivity contribution in [3.63, 3.8) is 0 Å². The van der Waals surface area contributed by atoms with Crippen LogP contribution in [0.3, 0.4) is 0 Å². The fourth-order valence-electron chi connectivity index (χ4n) is 1.72. The number of amides is 1. The summed E-state index contributed by atoms with van der Waals surface area (Å²) in [5.74, 6) is 0.475. The number of hydrogen-bond acceptors (Lipinski definition) is 5. The van der Waals surface area contributed by atoms with E-state index in [0.29, 0.717) is 17.4 Å². The van der Waals surface area contributed by atoms with Gasteiger partial charge in [-0.05, 0) is 43.2 Å². The number of nitrogens with one attached hydrogen (secondary N) is 1. The lowest BCUT2D eigenvalue weighted by Gasteiger charge is -2.15. The maximum absolute atomic E-state index is 11.9. The van der Waals surface area contributed by atoms with Crippen molar-refractivity contribution >= 4 is 11.6 Å². The summed E-state index contributed by atoms with van der Waals surface area (Å²) in [7, 11) is 0. The SMILES string of the molecule is Cc1ccnc(Oc2ccc(NC(=O)[C@@H](N)C(C)C)cc2)n1. The summed E-state index contributed by atoms with van der Waals surface area (Å²) in [6.45, 7) is 5.68. The van der Waals surface area contributed by atoms with Crippen molar-refractivity contribution in [1.82, 2.24) is 9.97 Å². The predicted molar refractivity (Wildman–Crippen MR) is 84.7 cm³/mol. The quantitative estimate of drug-likeness (QED) is 0.885. The van der Waals surface area contributed by atoms with Crippen molar-refractivity contribution in [2.45, 2.75) is 26.8 Å². The van der Waals surface area contributed by atoms with Gasteiger partial charge in [-0.15, -0.1) is 0 Å². The number of benzene rings is 1. The van der Waals surface area contributed by atoms with Gasteiger partial charge >= 0.3 is 6.01 Å². The zero-order chi connectivity index (χ0) is 16.1. The zero-order valence-electron chi connectivity index (χ0n) is 12.9. The van der Waals surface area contributed by atoms with Crippen LogP contribution >= 0.6 is 0 Å². The summed E-state index contributed by atoms with van der Waals surface area (Å²) in [6, 6.07) is 8.52. The topological polar surface area (TPSA) is 90.1 Å². The molecule has 2 rings (SSSR count). The molecule has 0 unspecified atom stereocenters. The van der Waals surface area contributed by atoms with Crippen LogP contribution in [0.1, 0.15) is 19.5 Å². The molecule has 0 saturated heterocycles. The number of nitrogens with two attached hydrogens (primary N) is 1. The molecular weight excluding hydrogens is 280 g/mol. The third-order valence-corrected chi connectivity index (χ3v) is 3.12. The number of hydrogen-bond donors (Lipinski definition) is 2. The largest absolute Gasteiger partial charge is 0.424 e. The second-order valence-corrected chi connectivity index (χ2v) is 5.37. The molecule has 1 heterocycles. The third kappa shape index (κ3) is 4.26. The molecule has 0 saturated carbocycles. The second kappa shape index (κ2) is 7.00. The van der Waals surface area contributed by atoms with E-state index in [1.54, 1.807) is 36.5 Å². The van der Waals surface area contributed by atoms with Crippen LogP contribution in [-0.4, -0.2) is 21.9 Å². The Morgan fingerprint density at radius 1 is 1.23 bits per heavy atom. The van der Waals surface area contributed by atoms with E-state index < -0.39 is 6.04 Å². The fraction of sp³-hybridized carbons (Fsp3) is 0.312. The first-order chi connectivity index (χ1) is 10.5. The van der Waals surface area contributed by atoms with Crippen LogP contribution < -0.4 is 15.8 Å². The van der Waals surface area contributed by atoms with Gasteiger partial charge in [0.2, 0.25) is 5.91 Å². The fourth-order valence-corrected chi connectivity index (χ4v) is 1.72. The van der Waals surface area contributed by atoms with E-state index in [0.717, 1.165) is 5.69 Å². The molecule has 2 aromatic rings. The Labute approximate surface area is 129 Å². The number of rotatable bonds is 5. The summed E-state index contributed by atoms with van der Waals surface area (Å²) in [5.41, 5.74) is 7.30. The monoisotopic (exact) mass is 300 g/mol. The van der Waals surface area contributed by atoms with Crippen molar-refractivity contribution in [2.75, 3.05) is 5.32 Å². The van der Waals surface area contributed by atoms with Gasteiger partial charge < -0.3 is 15.8 Å². The smallest absolute Gasteiger partial charge is 0.322 e. The first-order valence-electron chi connectivity index (χ1n) is 7.09. The Hall–Kier alpha value is -2.47. The van der Waals surface area contributed by atoms with Gasteiger partial charge in [-0.1, -0.05) is 13.8 Å². The lowest BCUT2D eigenvalue weighted by atomic mass is 10.1. The van der Waals surface area contributed by atoms with E-state index in [9.17, 15) is 4.79 Å². The number of aromatic nitrogens is 2. The van der Waals surface area contributed by atoms with Gasteiger partial charge in [-0.3, -0.25) is 4.79 Å². The molecule has 22 heavy (non-hydrogen) atoms. The highest BCUT2D eigenvalue weighted by Crippen LogP contribution is 2.20. The number of anilines is 1. The molecule has 1 aromatic heterocycles.